The SMILES string of the molecule is Cc1cc(-c2nnnn2CC2CC3CCC2C3)ccc1N. The summed E-state index contributed by atoms with van der Waals surface area (Å²) in [6.07, 6.45) is 5.60. The minimum Gasteiger partial charge on any atom is -0.399 e. The van der Waals surface area contributed by atoms with E-state index in [1.54, 1.807) is 0 Å². The Balaban J connectivity index is 1.60. The van der Waals surface area contributed by atoms with Crippen molar-refractivity contribution < 1.29 is 0 Å². The van der Waals surface area contributed by atoms with Crippen LogP contribution in [0.15, 0.2) is 18.2 Å². The van der Waals surface area contributed by atoms with Crippen molar-refractivity contribution >= 4 is 5.69 Å². The molecule has 2 N–H and O–H groups in total. The van der Waals surface area contributed by atoms with E-state index in [1.807, 2.05) is 23.7 Å². The summed E-state index contributed by atoms with van der Waals surface area (Å²) in [6, 6.07) is 6.00. The van der Waals surface area contributed by atoms with E-state index >= 15 is 0 Å². The van der Waals surface area contributed by atoms with Gasteiger partial charge in [0.25, 0.3) is 0 Å². The molecule has 0 aliphatic heterocycles. The van der Waals surface area contributed by atoms with E-state index in [0.29, 0.717) is 0 Å². The molecule has 3 unspecified atom stereocenters. The minimum absolute atomic E-state index is 0.751. The highest BCUT2D eigenvalue weighted by atomic mass is 15.5. The van der Waals surface area contributed by atoms with Gasteiger partial charge in [-0.15, -0.1) is 5.10 Å². The molecule has 21 heavy (non-hydrogen) atoms. The van der Waals surface area contributed by atoms with Crippen LogP contribution in [0.2, 0.25) is 0 Å². The fourth-order valence-corrected chi connectivity index (χ4v) is 4.17. The number of tetrazole rings is 1. The first-order valence-electron chi connectivity index (χ1n) is 7.83. The van der Waals surface area contributed by atoms with Crippen LogP contribution in [-0.2, 0) is 6.54 Å². The predicted molar refractivity (Wildman–Crippen MR) is 81.3 cm³/mol. The van der Waals surface area contributed by atoms with Gasteiger partial charge in [-0.3, -0.25) is 0 Å². The third-order valence-electron chi connectivity index (χ3n) is 5.35. The van der Waals surface area contributed by atoms with Gasteiger partial charge in [-0.2, -0.15) is 0 Å². The van der Waals surface area contributed by atoms with E-state index in [9.17, 15) is 0 Å². The van der Waals surface area contributed by atoms with Crippen LogP contribution in [0.5, 0.6) is 0 Å². The van der Waals surface area contributed by atoms with E-state index in [2.05, 4.69) is 21.6 Å². The lowest BCUT2D eigenvalue weighted by Crippen LogP contribution is -2.18. The predicted octanol–water partition coefficient (Wildman–Crippen LogP) is 2.67. The fourth-order valence-electron chi connectivity index (χ4n) is 4.17. The molecule has 5 nitrogen and oxygen atoms in total. The first kappa shape index (κ1) is 12.8. The van der Waals surface area contributed by atoms with Gasteiger partial charge in [-0.25, -0.2) is 4.68 Å². The van der Waals surface area contributed by atoms with E-state index in [4.69, 9.17) is 5.73 Å². The van der Waals surface area contributed by atoms with Crippen molar-refractivity contribution in [1.82, 2.24) is 20.2 Å². The Morgan fingerprint density at radius 2 is 2.19 bits per heavy atom. The first-order valence-corrected chi connectivity index (χ1v) is 7.83. The number of rotatable bonds is 3. The lowest BCUT2D eigenvalue weighted by Gasteiger charge is -2.21. The molecule has 2 aliphatic carbocycles. The first-order chi connectivity index (χ1) is 10.2. The average Bonchev–Trinajstić information content (AvgIpc) is 3.18. The minimum atomic E-state index is 0.751. The number of nitrogen functional groups attached to an aromatic ring is 1. The van der Waals surface area contributed by atoms with Crippen molar-refractivity contribution in [2.75, 3.05) is 5.73 Å². The molecular formula is C16H21N5. The highest BCUT2D eigenvalue weighted by Crippen LogP contribution is 2.48. The zero-order valence-electron chi connectivity index (χ0n) is 12.4. The summed E-state index contributed by atoms with van der Waals surface area (Å²) in [6.45, 7) is 2.97. The third-order valence-corrected chi connectivity index (χ3v) is 5.35. The standard InChI is InChI=1S/C16H21N5/c1-10-6-13(4-5-15(10)17)16-18-19-20-21(16)9-14-8-11-2-3-12(14)7-11/h4-6,11-12,14H,2-3,7-9,17H2,1H3. The number of aromatic nitrogens is 4. The number of nitrogens with zero attached hydrogens (tertiary/aromatic N) is 4. The second kappa shape index (κ2) is 4.83. The van der Waals surface area contributed by atoms with Crippen LogP contribution in [0.3, 0.4) is 0 Å². The molecule has 0 spiro atoms. The van der Waals surface area contributed by atoms with Gasteiger partial charge in [0.2, 0.25) is 0 Å². The van der Waals surface area contributed by atoms with Crippen LogP contribution >= 0.6 is 0 Å². The number of nitrogens with two attached hydrogens (primary N) is 1. The van der Waals surface area contributed by atoms with Crippen LogP contribution in [0.4, 0.5) is 5.69 Å². The molecule has 2 saturated carbocycles. The van der Waals surface area contributed by atoms with Gasteiger partial charge in [-0.05, 0) is 78.1 Å². The second-order valence-corrected chi connectivity index (χ2v) is 6.69. The monoisotopic (exact) mass is 283 g/mol. The van der Waals surface area contributed by atoms with Crippen LogP contribution in [-0.4, -0.2) is 20.2 Å². The van der Waals surface area contributed by atoms with E-state index < -0.39 is 0 Å². The Hall–Kier alpha value is -1.91. The summed E-state index contributed by atoms with van der Waals surface area (Å²) in [7, 11) is 0. The van der Waals surface area contributed by atoms with Gasteiger partial charge in [0.1, 0.15) is 0 Å². The molecule has 110 valence electrons. The maximum absolute atomic E-state index is 5.89. The second-order valence-electron chi connectivity index (χ2n) is 6.69. The van der Waals surface area contributed by atoms with Gasteiger partial charge in [0.05, 0.1) is 0 Å². The van der Waals surface area contributed by atoms with Gasteiger partial charge in [0, 0.05) is 17.8 Å². The Morgan fingerprint density at radius 3 is 2.90 bits per heavy atom. The van der Waals surface area contributed by atoms with Crippen LogP contribution in [0.25, 0.3) is 11.4 Å². The van der Waals surface area contributed by atoms with Crippen molar-refractivity contribution in [3.05, 3.63) is 23.8 Å². The number of anilines is 1. The molecule has 0 radical (unpaired) electrons. The molecule has 5 heteroatoms. The number of fused-ring (bicyclic) bond motifs is 2. The Kier molecular flexibility index (Phi) is 2.94. The topological polar surface area (TPSA) is 69.6 Å². The lowest BCUT2D eigenvalue weighted by molar-refractivity contribution is 0.284. The van der Waals surface area contributed by atoms with Crippen molar-refractivity contribution in [1.29, 1.82) is 0 Å². The molecule has 2 fully saturated rings. The normalized spacial score (nSPS) is 27.4. The zero-order valence-corrected chi connectivity index (χ0v) is 12.4. The van der Waals surface area contributed by atoms with E-state index in [-0.39, 0.29) is 0 Å². The van der Waals surface area contributed by atoms with Gasteiger partial charge in [0.15, 0.2) is 5.82 Å². The molecule has 2 aliphatic rings. The zero-order chi connectivity index (χ0) is 14.4. The molecular weight excluding hydrogens is 262 g/mol. The van der Waals surface area contributed by atoms with Crippen LogP contribution in [0, 0.1) is 24.7 Å². The number of aryl methyl sites for hydroxylation is 1. The molecule has 0 saturated heterocycles. The lowest BCUT2D eigenvalue weighted by atomic mass is 9.89. The molecule has 4 rings (SSSR count). The Morgan fingerprint density at radius 1 is 1.29 bits per heavy atom. The molecule has 2 bridgehead atoms. The maximum atomic E-state index is 5.89. The summed E-state index contributed by atoms with van der Waals surface area (Å²) >= 11 is 0. The largest absolute Gasteiger partial charge is 0.399 e. The Labute approximate surface area is 124 Å². The van der Waals surface area contributed by atoms with Crippen LogP contribution in [0.1, 0.15) is 31.2 Å². The summed E-state index contributed by atoms with van der Waals surface area (Å²) in [5, 5.41) is 12.3. The summed E-state index contributed by atoms with van der Waals surface area (Å²) in [4.78, 5) is 0. The average molecular weight is 283 g/mol. The molecule has 1 aromatic carbocycles. The molecule has 1 heterocycles. The van der Waals surface area contributed by atoms with Gasteiger partial charge in [-0.1, -0.05) is 6.42 Å². The van der Waals surface area contributed by atoms with Gasteiger partial charge >= 0.3 is 0 Å². The van der Waals surface area contributed by atoms with Crippen molar-refractivity contribution in [3.63, 3.8) is 0 Å². The molecule has 0 amide bonds. The molecule has 2 aromatic rings. The van der Waals surface area contributed by atoms with Gasteiger partial charge < -0.3 is 5.73 Å². The number of benzene rings is 1. The van der Waals surface area contributed by atoms with Crippen molar-refractivity contribution in [2.24, 2.45) is 17.8 Å². The summed E-state index contributed by atoms with van der Waals surface area (Å²) in [5.74, 6) is 3.46. The maximum Gasteiger partial charge on any atom is 0.182 e. The van der Waals surface area contributed by atoms with Crippen LogP contribution < -0.4 is 5.73 Å². The van der Waals surface area contributed by atoms with E-state index in [0.717, 1.165) is 46.9 Å². The number of hydrogen-bond donors (Lipinski definition) is 1. The molecule has 3 atom stereocenters. The Bertz CT molecular complexity index is 662. The van der Waals surface area contributed by atoms with Crippen molar-refractivity contribution in [3.8, 4) is 11.4 Å². The third kappa shape index (κ3) is 2.20. The van der Waals surface area contributed by atoms with Crippen molar-refractivity contribution in [2.45, 2.75) is 39.2 Å². The summed E-state index contributed by atoms with van der Waals surface area (Å²) < 4.78 is 1.98. The highest BCUT2D eigenvalue weighted by molar-refractivity contribution is 5.61. The highest BCUT2D eigenvalue weighted by Gasteiger charge is 2.39. The van der Waals surface area contributed by atoms with E-state index in [1.165, 1.54) is 25.7 Å². The smallest absolute Gasteiger partial charge is 0.182 e. The molecule has 1 aromatic heterocycles. The number of hydrogen-bond acceptors (Lipinski definition) is 4. The summed E-state index contributed by atoms with van der Waals surface area (Å²) in [5.41, 5.74) is 8.83. The fraction of sp³-hybridized carbons (Fsp3) is 0.562. The quantitative estimate of drug-likeness (QED) is 0.879.